The maximum Gasteiger partial charge on any atom is 0.300 e. The first kappa shape index (κ1) is 13.5. The lowest BCUT2D eigenvalue weighted by Crippen LogP contribution is -2.55. The third-order valence-corrected chi connectivity index (χ3v) is 3.49. The van der Waals surface area contributed by atoms with Crippen molar-refractivity contribution in [3.8, 4) is 0 Å². The summed E-state index contributed by atoms with van der Waals surface area (Å²) in [6.07, 6.45) is 5.14. The highest BCUT2D eigenvalue weighted by molar-refractivity contribution is 5.62. The van der Waals surface area contributed by atoms with Crippen LogP contribution in [0.4, 0.5) is 0 Å². The molecule has 0 saturated carbocycles. The van der Waals surface area contributed by atoms with Crippen molar-refractivity contribution in [3.05, 3.63) is 0 Å². The van der Waals surface area contributed by atoms with Gasteiger partial charge in [-0.15, -0.1) is 0 Å². The Kier molecular flexibility index (Phi) is 4.33. The lowest BCUT2D eigenvalue weighted by molar-refractivity contribution is -0.134. The molecule has 2 rings (SSSR count). The number of hydrogen-bond donors (Lipinski definition) is 2. The molecule has 2 fully saturated rings. The van der Waals surface area contributed by atoms with Gasteiger partial charge in [0.25, 0.3) is 5.97 Å². The van der Waals surface area contributed by atoms with E-state index in [1.165, 1.54) is 32.2 Å². The van der Waals surface area contributed by atoms with Crippen molar-refractivity contribution in [2.45, 2.75) is 64.1 Å². The lowest BCUT2D eigenvalue weighted by atomic mass is 9.84. The molecule has 2 heterocycles. The molecule has 94 valence electrons. The summed E-state index contributed by atoms with van der Waals surface area (Å²) in [5, 5.41) is 7.42. The summed E-state index contributed by atoms with van der Waals surface area (Å²) in [4.78, 5) is 11.7. The summed E-state index contributed by atoms with van der Waals surface area (Å²) < 4.78 is 0. The minimum atomic E-state index is -0.833. The van der Waals surface area contributed by atoms with Crippen LogP contribution in [0.25, 0.3) is 0 Å². The van der Waals surface area contributed by atoms with Gasteiger partial charge in [-0.3, -0.25) is 9.69 Å². The van der Waals surface area contributed by atoms with Gasteiger partial charge < -0.3 is 10.8 Å². The van der Waals surface area contributed by atoms with Gasteiger partial charge in [0, 0.05) is 24.5 Å². The fourth-order valence-corrected chi connectivity index (χ4v) is 3.07. The van der Waals surface area contributed by atoms with Crippen LogP contribution in [0.2, 0.25) is 0 Å². The second-order valence-corrected chi connectivity index (χ2v) is 5.52. The van der Waals surface area contributed by atoms with Crippen molar-refractivity contribution < 1.29 is 9.90 Å². The first-order valence-corrected chi connectivity index (χ1v) is 6.05. The van der Waals surface area contributed by atoms with Crippen LogP contribution >= 0.6 is 0 Å². The number of carboxylic acids is 1. The Balaban J connectivity index is 0.000000280. The molecular formula is C12H24N2O2. The van der Waals surface area contributed by atoms with E-state index in [-0.39, 0.29) is 0 Å². The first-order chi connectivity index (χ1) is 7.33. The highest BCUT2D eigenvalue weighted by atomic mass is 16.4. The van der Waals surface area contributed by atoms with Crippen molar-refractivity contribution >= 4 is 5.97 Å². The highest BCUT2D eigenvalue weighted by Crippen LogP contribution is 2.36. The standard InChI is InChI=1S/C10H20N2.C2H4O2/c1-10(2)7-8(11)6-9-4-3-5-12(9)10;1-2(3)4/h8-9H,3-7,11H2,1-2H3;1H3,(H,3,4). The van der Waals surface area contributed by atoms with Gasteiger partial charge in [0.05, 0.1) is 0 Å². The van der Waals surface area contributed by atoms with E-state index in [9.17, 15) is 0 Å². The van der Waals surface area contributed by atoms with Crippen LogP contribution in [0.1, 0.15) is 46.5 Å². The summed E-state index contributed by atoms with van der Waals surface area (Å²) in [7, 11) is 0. The number of aliphatic carboxylic acids is 1. The maximum absolute atomic E-state index is 9.00. The molecule has 0 aromatic carbocycles. The van der Waals surface area contributed by atoms with Gasteiger partial charge in [-0.25, -0.2) is 0 Å². The smallest absolute Gasteiger partial charge is 0.300 e. The van der Waals surface area contributed by atoms with E-state index < -0.39 is 5.97 Å². The fraction of sp³-hybridized carbons (Fsp3) is 0.917. The number of nitrogens with two attached hydrogens (primary N) is 1. The molecule has 0 bridgehead atoms. The second kappa shape index (κ2) is 5.15. The molecule has 2 aliphatic heterocycles. The SMILES string of the molecule is CC(=O)O.CC1(C)CC(N)CC2CCCN21. The lowest BCUT2D eigenvalue weighted by Gasteiger charge is -2.46. The quantitative estimate of drug-likeness (QED) is 0.658. The Morgan fingerprint density at radius 1 is 1.50 bits per heavy atom. The molecule has 0 aliphatic carbocycles. The zero-order valence-electron chi connectivity index (χ0n) is 10.6. The van der Waals surface area contributed by atoms with Gasteiger partial charge >= 0.3 is 0 Å². The molecule has 4 heteroatoms. The second-order valence-electron chi connectivity index (χ2n) is 5.52. The van der Waals surface area contributed by atoms with E-state index in [1.54, 1.807) is 0 Å². The average molecular weight is 228 g/mol. The normalized spacial score (nSPS) is 32.5. The minimum absolute atomic E-state index is 0.360. The molecule has 2 saturated heterocycles. The van der Waals surface area contributed by atoms with Gasteiger partial charge in [0.2, 0.25) is 0 Å². The summed E-state index contributed by atoms with van der Waals surface area (Å²) in [5.74, 6) is -0.833. The minimum Gasteiger partial charge on any atom is -0.481 e. The molecule has 4 nitrogen and oxygen atoms in total. The van der Waals surface area contributed by atoms with Gasteiger partial charge in [-0.05, 0) is 46.1 Å². The molecule has 0 spiro atoms. The topological polar surface area (TPSA) is 66.6 Å². The Hall–Kier alpha value is -0.610. The van der Waals surface area contributed by atoms with Crippen LogP contribution in [-0.2, 0) is 4.79 Å². The number of carboxylic acid groups (broad SMARTS) is 1. The molecule has 3 N–H and O–H groups in total. The van der Waals surface area contributed by atoms with Crippen LogP contribution in [0.3, 0.4) is 0 Å². The van der Waals surface area contributed by atoms with E-state index in [0.29, 0.717) is 11.6 Å². The maximum atomic E-state index is 9.00. The number of fused-ring (bicyclic) bond motifs is 1. The van der Waals surface area contributed by atoms with Gasteiger partial charge in [-0.1, -0.05) is 0 Å². The van der Waals surface area contributed by atoms with Gasteiger partial charge in [0.15, 0.2) is 0 Å². The summed E-state index contributed by atoms with van der Waals surface area (Å²) in [5.41, 5.74) is 6.40. The largest absolute Gasteiger partial charge is 0.481 e. The highest BCUT2D eigenvalue weighted by Gasteiger charge is 2.41. The van der Waals surface area contributed by atoms with Gasteiger partial charge in [0.1, 0.15) is 0 Å². The molecule has 0 aromatic heterocycles. The number of nitrogens with zero attached hydrogens (tertiary/aromatic N) is 1. The molecule has 16 heavy (non-hydrogen) atoms. The zero-order chi connectivity index (χ0) is 12.3. The van der Waals surface area contributed by atoms with Gasteiger partial charge in [-0.2, -0.15) is 0 Å². The predicted molar refractivity (Wildman–Crippen MR) is 64.3 cm³/mol. The van der Waals surface area contributed by atoms with Crippen LogP contribution in [0, 0.1) is 0 Å². The van der Waals surface area contributed by atoms with E-state index in [0.717, 1.165) is 13.0 Å². The monoisotopic (exact) mass is 228 g/mol. The zero-order valence-corrected chi connectivity index (χ0v) is 10.6. The van der Waals surface area contributed by atoms with E-state index in [1.807, 2.05) is 0 Å². The van der Waals surface area contributed by atoms with Crippen molar-refractivity contribution in [3.63, 3.8) is 0 Å². The van der Waals surface area contributed by atoms with Crippen molar-refractivity contribution in [1.82, 2.24) is 4.90 Å². The Morgan fingerprint density at radius 3 is 2.62 bits per heavy atom. The third kappa shape index (κ3) is 3.46. The number of hydrogen-bond acceptors (Lipinski definition) is 3. The van der Waals surface area contributed by atoms with E-state index >= 15 is 0 Å². The molecule has 2 unspecified atom stereocenters. The van der Waals surface area contributed by atoms with Crippen LogP contribution in [0.5, 0.6) is 0 Å². The number of carbonyl (C=O) groups is 1. The predicted octanol–water partition coefficient (Wildman–Crippen LogP) is 1.44. The molecule has 2 aliphatic rings. The first-order valence-electron chi connectivity index (χ1n) is 6.05. The molecule has 2 atom stereocenters. The molecule has 0 aromatic rings. The van der Waals surface area contributed by atoms with E-state index in [4.69, 9.17) is 15.6 Å². The van der Waals surface area contributed by atoms with Crippen molar-refractivity contribution in [1.29, 1.82) is 0 Å². The fourth-order valence-electron chi connectivity index (χ4n) is 3.07. The van der Waals surface area contributed by atoms with Crippen LogP contribution in [0.15, 0.2) is 0 Å². The number of rotatable bonds is 0. The molecule has 0 radical (unpaired) electrons. The van der Waals surface area contributed by atoms with Crippen molar-refractivity contribution in [2.24, 2.45) is 5.73 Å². The Morgan fingerprint density at radius 2 is 2.06 bits per heavy atom. The van der Waals surface area contributed by atoms with E-state index in [2.05, 4.69) is 18.7 Å². The number of piperidine rings is 1. The molecular weight excluding hydrogens is 204 g/mol. The molecule has 0 amide bonds. The Labute approximate surface area is 97.8 Å². The van der Waals surface area contributed by atoms with Crippen LogP contribution < -0.4 is 5.73 Å². The Bertz CT molecular complexity index is 249. The van der Waals surface area contributed by atoms with Crippen LogP contribution in [-0.4, -0.2) is 40.1 Å². The average Bonchev–Trinajstić information content (AvgIpc) is 2.48. The summed E-state index contributed by atoms with van der Waals surface area (Å²) in [6.45, 7) is 7.05. The van der Waals surface area contributed by atoms with Crippen molar-refractivity contribution in [2.75, 3.05) is 6.54 Å². The summed E-state index contributed by atoms with van der Waals surface area (Å²) >= 11 is 0. The summed E-state index contributed by atoms with van der Waals surface area (Å²) in [6, 6.07) is 1.24. The third-order valence-electron chi connectivity index (χ3n) is 3.49.